The summed E-state index contributed by atoms with van der Waals surface area (Å²) in [5.74, 6) is -0.0289. The molecule has 4 N–H and O–H groups in total. The predicted molar refractivity (Wildman–Crippen MR) is 67.5 cm³/mol. The summed E-state index contributed by atoms with van der Waals surface area (Å²) in [6.45, 7) is 6.16. The van der Waals surface area contributed by atoms with Crippen molar-refractivity contribution in [1.29, 1.82) is 0 Å². The van der Waals surface area contributed by atoms with Crippen LogP contribution in [-0.2, 0) is 11.3 Å². The molecule has 1 amide bonds. The maximum absolute atomic E-state index is 11.8. The average molecular weight is 255 g/mol. The molecule has 7 heteroatoms. The Morgan fingerprint density at radius 3 is 2.72 bits per heavy atom. The Morgan fingerprint density at radius 1 is 1.61 bits per heavy atom. The Bertz CT molecular complexity index is 396. The fourth-order valence-corrected chi connectivity index (χ4v) is 1.62. The SMILES string of the molecule is CC(C)(C)C(CCO)NC(=O)Cn1cnc(N)n1. The molecule has 1 heterocycles. The van der Waals surface area contributed by atoms with Crippen LogP contribution in [0.2, 0.25) is 0 Å². The average Bonchev–Trinajstić information content (AvgIpc) is 2.62. The van der Waals surface area contributed by atoms with Crippen LogP contribution in [0, 0.1) is 5.41 Å². The molecule has 0 radical (unpaired) electrons. The number of hydrogen-bond donors (Lipinski definition) is 3. The van der Waals surface area contributed by atoms with Gasteiger partial charge in [0.15, 0.2) is 0 Å². The number of aromatic nitrogens is 3. The molecule has 0 aliphatic heterocycles. The maximum atomic E-state index is 11.8. The van der Waals surface area contributed by atoms with Crippen LogP contribution in [0.3, 0.4) is 0 Å². The quantitative estimate of drug-likeness (QED) is 0.674. The minimum absolute atomic E-state index is 0.0402. The van der Waals surface area contributed by atoms with Gasteiger partial charge in [0.2, 0.25) is 11.9 Å². The highest BCUT2D eigenvalue weighted by atomic mass is 16.3. The molecular formula is C11H21N5O2. The van der Waals surface area contributed by atoms with Gasteiger partial charge in [-0.15, -0.1) is 5.10 Å². The highest BCUT2D eigenvalue weighted by molar-refractivity contribution is 5.76. The number of carbonyl (C=O) groups is 1. The van der Waals surface area contributed by atoms with Gasteiger partial charge < -0.3 is 16.2 Å². The van der Waals surface area contributed by atoms with Crippen LogP contribution in [0.25, 0.3) is 0 Å². The van der Waals surface area contributed by atoms with Crippen molar-refractivity contribution in [2.45, 2.75) is 39.8 Å². The lowest BCUT2D eigenvalue weighted by atomic mass is 9.85. The summed E-state index contributed by atoms with van der Waals surface area (Å²) < 4.78 is 1.38. The Hall–Kier alpha value is -1.63. The number of nitrogen functional groups attached to an aromatic ring is 1. The van der Waals surface area contributed by atoms with Crippen LogP contribution in [0.15, 0.2) is 6.33 Å². The van der Waals surface area contributed by atoms with E-state index in [9.17, 15) is 4.79 Å². The molecule has 0 saturated heterocycles. The number of hydrogen-bond acceptors (Lipinski definition) is 5. The molecule has 18 heavy (non-hydrogen) atoms. The van der Waals surface area contributed by atoms with Crippen molar-refractivity contribution in [3.05, 3.63) is 6.33 Å². The third-order valence-corrected chi connectivity index (χ3v) is 2.66. The van der Waals surface area contributed by atoms with Crippen LogP contribution in [-0.4, -0.2) is 38.4 Å². The zero-order valence-electron chi connectivity index (χ0n) is 11.1. The summed E-state index contributed by atoms with van der Waals surface area (Å²) in [4.78, 5) is 15.6. The molecule has 0 aliphatic carbocycles. The maximum Gasteiger partial charge on any atom is 0.242 e. The Kier molecular flexibility index (Phi) is 4.66. The van der Waals surface area contributed by atoms with E-state index in [0.717, 1.165) is 0 Å². The monoisotopic (exact) mass is 255 g/mol. The largest absolute Gasteiger partial charge is 0.396 e. The molecule has 1 rings (SSSR count). The van der Waals surface area contributed by atoms with E-state index in [2.05, 4.69) is 15.4 Å². The second-order valence-corrected chi connectivity index (χ2v) is 5.30. The van der Waals surface area contributed by atoms with E-state index in [4.69, 9.17) is 10.8 Å². The molecular weight excluding hydrogens is 234 g/mol. The van der Waals surface area contributed by atoms with Crippen LogP contribution in [0.1, 0.15) is 27.2 Å². The molecule has 1 aromatic rings. The molecule has 0 aromatic carbocycles. The second kappa shape index (κ2) is 5.81. The number of nitrogens with one attached hydrogen (secondary N) is 1. The molecule has 0 aliphatic rings. The first kappa shape index (κ1) is 14.4. The summed E-state index contributed by atoms with van der Waals surface area (Å²) in [5, 5.41) is 15.7. The molecule has 1 atom stereocenters. The number of anilines is 1. The number of nitrogens with zero attached hydrogens (tertiary/aromatic N) is 3. The molecule has 1 aromatic heterocycles. The lowest BCUT2D eigenvalue weighted by molar-refractivity contribution is -0.123. The number of carbonyl (C=O) groups excluding carboxylic acids is 1. The minimum atomic E-state index is -0.173. The van der Waals surface area contributed by atoms with Gasteiger partial charge >= 0.3 is 0 Å². The third kappa shape index (κ3) is 4.33. The predicted octanol–water partition coefficient (Wildman–Crippen LogP) is -0.226. The van der Waals surface area contributed by atoms with Crippen LogP contribution in [0.4, 0.5) is 5.95 Å². The van der Waals surface area contributed by atoms with Gasteiger partial charge in [-0.25, -0.2) is 9.67 Å². The van der Waals surface area contributed by atoms with Gasteiger partial charge in [-0.1, -0.05) is 20.8 Å². The van der Waals surface area contributed by atoms with Gasteiger partial charge in [-0.3, -0.25) is 4.79 Å². The summed E-state index contributed by atoms with van der Waals surface area (Å²) in [6.07, 6.45) is 1.93. The lowest BCUT2D eigenvalue weighted by Crippen LogP contribution is -2.45. The number of nitrogens with two attached hydrogens (primary N) is 1. The van der Waals surface area contributed by atoms with E-state index in [1.807, 2.05) is 20.8 Å². The molecule has 0 bridgehead atoms. The van der Waals surface area contributed by atoms with Gasteiger partial charge in [0.25, 0.3) is 0 Å². The van der Waals surface area contributed by atoms with Gasteiger partial charge in [-0.2, -0.15) is 0 Å². The van der Waals surface area contributed by atoms with Gasteiger partial charge in [0.05, 0.1) is 0 Å². The molecule has 102 valence electrons. The normalized spacial score (nSPS) is 13.3. The van der Waals surface area contributed by atoms with E-state index >= 15 is 0 Å². The van der Waals surface area contributed by atoms with E-state index in [0.29, 0.717) is 6.42 Å². The Morgan fingerprint density at radius 2 is 2.28 bits per heavy atom. The highest BCUT2D eigenvalue weighted by Crippen LogP contribution is 2.21. The van der Waals surface area contributed by atoms with Gasteiger partial charge in [0.1, 0.15) is 12.9 Å². The van der Waals surface area contributed by atoms with Gasteiger partial charge in [0, 0.05) is 12.6 Å². The Labute approximate surface area is 106 Å². The van der Waals surface area contributed by atoms with Crippen LogP contribution >= 0.6 is 0 Å². The fraction of sp³-hybridized carbons (Fsp3) is 0.727. The smallest absolute Gasteiger partial charge is 0.242 e. The van der Waals surface area contributed by atoms with E-state index in [-0.39, 0.29) is 36.5 Å². The summed E-state index contributed by atoms with van der Waals surface area (Å²) in [5.41, 5.74) is 5.25. The van der Waals surface area contributed by atoms with Gasteiger partial charge in [-0.05, 0) is 11.8 Å². The first-order chi connectivity index (χ1) is 8.32. The second-order valence-electron chi connectivity index (χ2n) is 5.30. The molecule has 0 saturated carbocycles. The number of amides is 1. The van der Waals surface area contributed by atoms with Crippen molar-refractivity contribution in [3.63, 3.8) is 0 Å². The molecule has 1 unspecified atom stereocenters. The Balaban J connectivity index is 2.56. The summed E-state index contributed by atoms with van der Waals surface area (Å²) in [6, 6.07) is -0.0872. The summed E-state index contributed by atoms with van der Waals surface area (Å²) >= 11 is 0. The third-order valence-electron chi connectivity index (χ3n) is 2.66. The zero-order valence-corrected chi connectivity index (χ0v) is 11.1. The van der Waals surface area contributed by atoms with Crippen molar-refractivity contribution >= 4 is 11.9 Å². The van der Waals surface area contributed by atoms with Crippen molar-refractivity contribution < 1.29 is 9.90 Å². The first-order valence-electron chi connectivity index (χ1n) is 5.88. The first-order valence-corrected chi connectivity index (χ1v) is 5.88. The summed E-state index contributed by atoms with van der Waals surface area (Å²) in [7, 11) is 0. The van der Waals surface area contributed by atoms with Crippen molar-refractivity contribution in [1.82, 2.24) is 20.1 Å². The standard InChI is InChI=1S/C11H21N5O2/c1-11(2,3)8(4-5-17)14-9(18)6-16-7-13-10(12)15-16/h7-8,17H,4-6H2,1-3H3,(H2,12,15)(H,14,18). The van der Waals surface area contributed by atoms with E-state index in [1.165, 1.54) is 11.0 Å². The molecule has 7 nitrogen and oxygen atoms in total. The zero-order chi connectivity index (χ0) is 13.8. The minimum Gasteiger partial charge on any atom is -0.396 e. The topological polar surface area (TPSA) is 106 Å². The number of aliphatic hydroxyl groups is 1. The number of aliphatic hydroxyl groups excluding tert-OH is 1. The van der Waals surface area contributed by atoms with Crippen LogP contribution in [0.5, 0.6) is 0 Å². The molecule has 0 fully saturated rings. The highest BCUT2D eigenvalue weighted by Gasteiger charge is 2.25. The van der Waals surface area contributed by atoms with Crippen molar-refractivity contribution in [3.8, 4) is 0 Å². The van der Waals surface area contributed by atoms with E-state index in [1.54, 1.807) is 0 Å². The fourth-order valence-electron chi connectivity index (χ4n) is 1.62. The van der Waals surface area contributed by atoms with Crippen molar-refractivity contribution in [2.24, 2.45) is 5.41 Å². The lowest BCUT2D eigenvalue weighted by Gasteiger charge is -2.31. The van der Waals surface area contributed by atoms with Crippen LogP contribution < -0.4 is 11.1 Å². The number of rotatable bonds is 5. The molecule has 0 spiro atoms. The van der Waals surface area contributed by atoms with E-state index < -0.39 is 0 Å². The van der Waals surface area contributed by atoms with Crippen molar-refractivity contribution in [2.75, 3.05) is 12.3 Å².